The van der Waals surface area contributed by atoms with Crippen LogP contribution in [0.4, 0.5) is 0 Å². The Morgan fingerprint density at radius 3 is 0.700 bits per heavy atom. The molecule has 10 heavy (non-hydrogen) atoms. The van der Waals surface area contributed by atoms with Crippen molar-refractivity contribution in [2.45, 2.75) is 0 Å². The fourth-order valence-electron chi connectivity index (χ4n) is 0. The molecule has 0 aromatic carbocycles. The first-order valence-electron chi connectivity index (χ1n) is 2.22. The molecule has 0 heterocycles. The zero-order valence-corrected chi connectivity index (χ0v) is 6.81. The van der Waals surface area contributed by atoms with Gasteiger partial charge in [0, 0.05) is 0 Å². The van der Waals surface area contributed by atoms with Crippen LogP contribution in [0.1, 0.15) is 0 Å². The Hall–Kier alpha value is -1.09. The molecule has 3 nitrogen and oxygen atoms in total. The van der Waals surface area contributed by atoms with Gasteiger partial charge in [0.2, 0.25) is 0 Å². The summed E-state index contributed by atoms with van der Waals surface area (Å²) in [4.78, 5) is 0. The van der Waals surface area contributed by atoms with Crippen LogP contribution in [0.25, 0.3) is 0 Å². The van der Waals surface area contributed by atoms with Crippen LogP contribution in [0.2, 0.25) is 0 Å². The molecule has 0 aromatic rings. The van der Waals surface area contributed by atoms with Crippen LogP contribution >= 0.6 is 12.4 Å². The van der Waals surface area contributed by atoms with Crippen LogP contribution in [-0.2, 0) is 0 Å². The molecule has 0 rings (SSSR count). The first-order chi connectivity index (χ1) is 4.24. The average Bonchev–Trinajstić information content (AvgIpc) is 1.70. The van der Waals surface area contributed by atoms with Gasteiger partial charge in [-0.3, -0.25) is 0 Å². The molecule has 0 aromatic heterocycles. The van der Waals surface area contributed by atoms with Gasteiger partial charge >= 0.3 is 0 Å². The molecule has 0 amide bonds. The highest BCUT2D eigenvalue weighted by Gasteiger charge is 1.09. The highest BCUT2D eigenvalue weighted by atomic mass is 35.5. The minimum absolute atomic E-state index is 0. The molecule has 0 unspecified atom stereocenters. The Bertz CT molecular complexity index is 49.7. The number of nitrogens with two attached hydrogens (primary N) is 3. The summed E-state index contributed by atoms with van der Waals surface area (Å²) in [7, 11) is 0. The quantitative estimate of drug-likeness (QED) is 0.494. The van der Waals surface area contributed by atoms with Gasteiger partial charge in [0.1, 0.15) is 0 Å². The second-order valence-corrected chi connectivity index (χ2v) is 0.707. The lowest BCUT2D eigenvalue weighted by Gasteiger charge is -1.40. The van der Waals surface area contributed by atoms with E-state index < -0.39 is 0 Å². The van der Waals surface area contributed by atoms with E-state index in [1.54, 1.807) is 0 Å². The topological polar surface area (TPSA) is 78.1 Å². The van der Waals surface area contributed by atoms with Crippen molar-refractivity contribution in [3.05, 3.63) is 38.3 Å². The van der Waals surface area contributed by atoms with Crippen LogP contribution in [0, 0.1) is 0 Å². The highest BCUT2D eigenvalue weighted by Crippen LogP contribution is 1.14. The van der Waals surface area contributed by atoms with Crippen molar-refractivity contribution in [2.24, 2.45) is 17.2 Å². The molecule has 0 saturated carbocycles. The Morgan fingerprint density at radius 2 is 0.700 bits per heavy atom. The van der Waals surface area contributed by atoms with Gasteiger partial charge in [-0.05, 0) is 18.6 Å². The number of hydrogen-bond donors (Lipinski definition) is 3. The van der Waals surface area contributed by atoms with Crippen molar-refractivity contribution in [2.75, 3.05) is 0 Å². The number of rotatable bonds is 0. The molecule has 0 aliphatic rings. The van der Waals surface area contributed by atoms with Crippen molar-refractivity contribution in [3.8, 4) is 0 Å². The SMILES string of the molecule is C=CN.C=CN.C=CN.Cl. The second-order valence-electron chi connectivity index (χ2n) is 0.707. The Labute approximate surface area is 68.7 Å². The standard InChI is InChI=1S/3C2H5N.ClH/c3*1-2-3;/h3*2H,1,3H2;1H. The maximum atomic E-state index is 4.61. The maximum absolute atomic E-state index is 4.61. The van der Waals surface area contributed by atoms with E-state index in [9.17, 15) is 0 Å². The van der Waals surface area contributed by atoms with E-state index in [-0.39, 0.29) is 12.4 Å². The largest absolute Gasteiger partial charge is 0.405 e. The zero-order chi connectivity index (χ0) is 8.12. The molecule has 0 saturated heterocycles. The fraction of sp³-hybridized carbons (Fsp3) is 0. The smallest absolute Gasteiger partial charge is 0.0136 e. The normalized spacial score (nSPS) is 3.60. The zero-order valence-electron chi connectivity index (χ0n) is 5.99. The van der Waals surface area contributed by atoms with Crippen LogP contribution < -0.4 is 17.2 Å². The lowest BCUT2D eigenvalue weighted by molar-refractivity contribution is 1.64. The highest BCUT2D eigenvalue weighted by molar-refractivity contribution is 5.85. The molecule has 0 bridgehead atoms. The lowest BCUT2D eigenvalue weighted by atomic mass is 11.1. The third-order valence-electron chi connectivity index (χ3n) is 0. The summed E-state index contributed by atoms with van der Waals surface area (Å²) < 4.78 is 0. The Morgan fingerprint density at radius 1 is 0.700 bits per heavy atom. The second kappa shape index (κ2) is 104. The molecule has 0 aliphatic heterocycles. The number of halogens is 1. The van der Waals surface area contributed by atoms with E-state index in [2.05, 4.69) is 36.9 Å². The summed E-state index contributed by atoms with van der Waals surface area (Å²) in [5.74, 6) is 0. The van der Waals surface area contributed by atoms with E-state index >= 15 is 0 Å². The van der Waals surface area contributed by atoms with Gasteiger partial charge in [0.25, 0.3) is 0 Å². The Kier molecular flexibility index (Phi) is 239. The summed E-state index contributed by atoms with van der Waals surface area (Å²) in [6.07, 6.45) is 3.75. The lowest BCUT2D eigenvalue weighted by Crippen LogP contribution is -1.67. The molecule has 0 atom stereocenters. The molecule has 6 N–H and O–H groups in total. The minimum atomic E-state index is 0. The first kappa shape index (κ1) is 23.1. The average molecular weight is 166 g/mol. The monoisotopic (exact) mass is 165 g/mol. The van der Waals surface area contributed by atoms with Crippen molar-refractivity contribution in [3.63, 3.8) is 0 Å². The van der Waals surface area contributed by atoms with Crippen molar-refractivity contribution in [1.29, 1.82) is 0 Å². The minimum Gasteiger partial charge on any atom is -0.405 e. The van der Waals surface area contributed by atoms with Crippen LogP contribution in [0.5, 0.6) is 0 Å². The molecule has 0 radical (unpaired) electrons. The van der Waals surface area contributed by atoms with Gasteiger partial charge in [-0.25, -0.2) is 0 Å². The first-order valence-corrected chi connectivity index (χ1v) is 2.22. The van der Waals surface area contributed by atoms with E-state index in [1.807, 2.05) is 0 Å². The molecule has 0 fully saturated rings. The van der Waals surface area contributed by atoms with Gasteiger partial charge in [-0.15, -0.1) is 12.4 Å². The van der Waals surface area contributed by atoms with Gasteiger partial charge < -0.3 is 17.2 Å². The van der Waals surface area contributed by atoms with Gasteiger partial charge in [-0.2, -0.15) is 0 Å². The molecular formula is C6H16ClN3. The van der Waals surface area contributed by atoms with Gasteiger partial charge in [0.15, 0.2) is 0 Å². The van der Waals surface area contributed by atoms with E-state index in [0.717, 1.165) is 0 Å². The predicted molar refractivity (Wildman–Crippen MR) is 50.4 cm³/mol. The fourth-order valence-corrected chi connectivity index (χ4v) is 0. The summed E-state index contributed by atoms with van der Waals surface area (Å²) in [6, 6.07) is 0. The van der Waals surface area contributed by atoms with Gasteiger partial charge in [0.05, 0.1) is 0 Å². The molecular weight excluding hydrogens is 150 g/mol. The van der Waals surface area contributed by atoms with Crippen LogP contribution in [-0.4, -0.2) is 0 Å². The van der Waals surface area contributed by atoms with E-state index in [1.165, 1.54) is 18.6 Å². The molecule has 4 heteroatoms. The van der Waals surface area contributed by atoms with Crippen molar-refractivity contribution in [1.82, 2.24) is 0 Å². The molecule has 0 spiro atoms. The summed E-state index contributed by atoms with van der Waals surface area (Å²) in [5, 5.41) is 0. The van der Waals surface area contributed by atoms with Crippen molar-refractivity contribution >= 4 is 12.4 Å². The van der Waals surface area contributed by atoms with Crippen molar-refractivity contribution < 1.29 is 0 Å². The maximum Gasteiger partial charge on any atom is -0.0136 e. The Balaban J connectivity index is -0.0000000257. The predicted octanol–water partition coefficient (Wildman–Crippen LogP) is 0.688. The van der Waals surface area contributed by atoms with E-state index in [0.29, 0.717) is 0 Å². The molecule has 62 valence electrons. The third-order valence-corrected chi connectivity index (χ3v) is 0. The van der Waals surface area contributed by atoms with Crippen LogP contribution in [0.3, 0.4) is 0 Å². The molecule has 0 aliphatic carbocycles. The van der Waals surface area contributed by atoms with E-state index in [4.69, 9.17) is 0 Å². The summed E-state index contributed by atoms with van der Waals surface area (Å²) in [5.41, 5.74) is 13.8. The third kappa shape index (κ3) is 203. The number of hydrogen-bond acceptors (Lipinski definition) is 3. The summed E-state index contributed by atoms with van der Waals surface area (Å²) >= 11 is 0. The van der Waals surface area contributed by atoms with Gasteiger partial charge in [-0.1, -0.05) is 19.7 Å². The summed E-state index contributed by atoms with van der Waals surface area (Å²) in [6.45, 7) is 9.42. The van der Waals surface area contributed by atoms with Crippen LogP contribution in [0.15, 0.2) is 38.3 Å².